The molecule has 3 heterocycles. The molecule has 488 valence electrons. The van der Waals surface area contributed by atoms with Gasteiger partial charge in [0.1, 0.15) is 17.2 Å². The van der Waals surface area contributed by atoms with Crippen molar-refractivity contribution in [1.29, 1.82) is 0 Å². The van der Waals surface area contributed by atoms with Gasteiger partial charge < -0.3 is 43.9 Å². The van der Waals surface area contributed by atoms with Gasteiger partial charge in [0.15, 0.2) is 0 Å². The Morgan fingerprint density at radius 2 is 0.815 bits per heavy atom. The Bertz CT molecular complexity index is 4090. The molecule has 0 bridgehead atoms. The summed E-state index contributed by atoms with van der Waals surface area (Å²) < 4.78 is 58.9. The number of aliphatic carboxylic acids is 1. The molecule has 1 atom stereocenters. The van der Waals surface area contributed by atoms with Gasteiger partial charge in [0, 0.05) is 78.1 Å². The third-order valence-corrected chi connectivity index (χ3v) is 18.5. The first-order valence-electron chi connectivity index (χ1n) is 28.6. The quantitative estimate of drug-likeness (QED) is 0.0446. The molecule has 0 radical (unpaired) electrons. The van der Waals surface area contributed by atoms with Crippen LogP contribution >= 0.6 is 61.4 Å². The smallest absolute Gasteiger partial charge is 0.344 e. The Hall–Kier alpha value is -7.58. The van der Waals surface area contributed by atoms with Crippen LogP contribution < -0.4 is 25.3 Å². The number of nitrogens with zero attached hydrogens (tertiary/aromatic N) is 3. The fourth-order valence-corrected chi connectivity index (χ4v) is 12.7. The van der Waals surface area contributed by atoms with Gasteiger partial charge in [-0.1, -0.05) is 34.8 Å². The standard InChI is InChI=1S/C23H26ClN2O5P.C19H15Cl2NO3.C19H16ClNO4.C5H14NO3P/c1-5-31-32(4,29)14-25-22(27)13-19-15(2)26(21-11-10-18(30-3)12-20(19)21)23(28)16-6-8-17(24)9-7-16;1-11-15(10-18(21)23)16-9-14(25-2)7-8-17(16)22(11)19(24)12-3-5-13(20)6-4-12;1-11-15(10-18(22)23)16-9-14(25-2)7-8-17(16)21(11)19(24)12-3-5-13(20)6-4-12;1-3-8-10(7,5-6)9-4-2/h6-12H,5,13-14H2,1-4H3,(H,25,27);3-9H,10H2,1-2H3;3-9H,10H2,1-2H3,(H,22,23);3-6H2,1-2H3. The summed E-state index contributed by atoms with van der Waals surface area (Å²) in [4.78, 5) is 74.7. The Morgan fingerprint density at radius 3 is 1.10 bits per heavy atom. The van der Waals surface area contributed by atoms with Gasteiger partial charge in [0.2, 0.25) is 18.5 Å². The normalized spacial score (nSPS) is 11.7. The number of hydrogen-bond donors (Lipinski definition) is 3. The third-order valence-electron chi connectivity index (χ3n) is 14.3. The highest BCUT2D eigenvalue weighted by molar-refractivity contribution is 7.58. The number of hydrogen-bond acceptors (Lipinski definition) is 15. The van der Waals surface area contributed by atoms with Crippen LogP contribution in [0.2, 0.25) is 15.1 Å². The molecule has 0 saturated carbocycles. The first kappa shape index (κ1) is 73.5. The predicted octanol–water partition coefficient (Wildman–Crippen LogP) is 14.6. The summed E-state index contributed by atoms with van der Waals surface area (Å²) in [6.45, 7) is 13.1. The maximum atomic E-state index is 13.3. The van der Waals surface area contributed by atoms with E-state index in [9.17, 15) is 43.0 Å². The number of methoxy groups -OCH3 is 3. The molecular weight excluding hydrogens is 1310 g/mol. The SMILES string of the molecule is CCOP(=O)(CN)OCC.CCOP(C)(=O)CNC(=O)Cc1c(C)n(C(=O)c2ccc(Cl)cc2)c2ccc(OC)cc12.COc1ccc2c(c1)c(CC(=O)Cl)c(C)n2C(=O)c1ccc(Cl)cc1.COc1ccc2c(c1)c(CC(=O)O)c(C)n2C(=O)c1ccc(Cl)cc1. The molecule has 0 aliphatic rings. The second kappa shape index (κ2) is 33.3. The number of carbonyl (C=O) groups is 6. The van der Waals surface area contributed by atoms with Crippen LogP contribution in [0, 0.1) is 20.8 Å². The van der Waals surface area contributed by atoms with Crippen molar-refractivity contribution in [3.05, 3.63) is 193 Å². The van der Waals surface area contributed by atoms with Gasteiger partial charge in [0.25, 0.3) is 17.7 Å². The van der Waals surface area contributed by atoms with Gasteiger partial charge in [-0.05, 0) is 197 Å². The lowest BCUT2D eigenvalue weighted by Gasteiger charge is -2.13. The molecular formula is C66H71Cl4N5O15P2. The van der Waals surface area contributed by atoms with Crippen molar-refractivity contribution in [2.45, 2.75) is 60.8 Å². The molecule has 20 nitrogen and oxygen atoms in total. The van der Waals surface area contributed by atoms with Crippen LogP contribution in [0.4, 0.5) is 0 Å². The number of ether oxygens (including phenoxy) is 3. The van der Waals surface area contributed by atoms with Crippen LogP contribution in [0.25, 0.3) is 32.7 Å². The van der Waals surface area contributed by atoms with Crippen molar-refractivity contribution in [2.24, 2.45) is 5.73 Å². The van der Waals surface area contributed by atoms with E-state index in [0.717, 1.165) is 16.3 Å². The summed E-state index contributed by atoms with van der Waals surface area (Å²) in [6, 6.07) is 36.0. The topological polar surface area (TPSA) is 265 Å². The van der Waals surface area contributed by atoms with Crippen LogP contribution in [0.3, 0.4) is 0 Å². The highest BCUT2D eigenvalue weighted by Gasteiger charge is 2.26. The number of amides is 1. The monoisotopic (exact) mass is 1380 g/mol. The summed E-state index contributed by atoms with van der Waals surface area (Å²) in [5, 5.41) is 15.3. The third kappa shape index (κ3) is 18.4. The Morgan fingerprint density at radius 1 is 0.500 bits per heavy atom. The van der Waals surface area contributed by atoms with E-state index in [0.29, 0.717) is 119 Å². The van der Waals surface area contributed by atoms with E-state index >= 15 is 0 Å². The van der Waals surface area contributed by atoms with Gasteiger partial charge >= 0.3 is 13.6 Å². The molecule has 6 aromatic carbocycles. The van der Waals surface area contributed by atoms with Gasteiger partial charge in [-0.25, -0.2) is 0 Å². The van der Waals surface area contributed by atoms with Crippen LogP contribution in [0.1, 0.15) is 85.6 Å². The van der Waals surface area contributed by atoms with Crippen molar-refractivity contribution in [3.8, 4) is 17.2 Å². The lowest BCUT2D eigenvalue weighted by Crippen LogP contribution is -2.26. The molecule has 1 amide bonds. The highest BCUT2D eigenvalue weighted by Crippen LogP contribution is 2.46. The second-order valence-corrected chi connectivity index (χ2v) is 26.8. The average molecular weight is 1380 g/mol. The largest absolute Gasteiger partial charge is 0.497 e. The molecule has 4 N–H and O–H groups in total. The molecule has 0 aliphatic carbocycles. The van der Waals surface area contributed by atoms with E-state index in [2.05, 4.69) is 5.32 Å². The molecule has 0 spiro atoms. The number of carbonyl (C=O) groups excluding carboxylic acids is 5. The Labute approximate surface area is 552 Å². The van der Waals surface area contributed by atoms with Gasteiger partial charge in [-0.3, -0.25) is 51.6 Å². The van der Waals surface area contributed by atoms with E-state index in [-0.39, 0.29) is 55.5 Å². The van der Waals surface area contributed by atoms with Crippen LogP contribution in [0.5, 0.6) is 17.2 Å². The molecule has 0 saturated heterocycles. The van der Waals surface area contributed by atoms with E-state index in [1.165, 1.54) is 11.2 Å². The Kier molecular flexibility index (Phi) is 26.6. The number of benzene rings is 6. The molecule has 9 rings (SSSR count). The summed E-state index contributed by atoms with van der Waals surface area (Å²) in [5.74, 6) is -0.0553. The summed E-state index contributed by atoms with van der Waals surface area (Å²) in [5.41, 5.74) is 12.6. The maximum absolute atomic E-state index is 13.3. The number of carboxylic acid groups (broad SMARTS) is 1. The summed E-state index contributed by atoms with van der Waals surface area (Å²) in [6.07, 6.45) is -0.212. The van der Waals surface area contributed by atoms with Crippen LogP contribution in [-0.4, -0.2) is 114 Å². The first-order valence-corrected chi connectivity index (χ1v) is 34.1. The average Bonchev–Trinajstić information content (AvgIpc) is 1.63. The van der Waals surface area contributed by atoms with Crippen molar-refractivity contribution >= 4 is 129 Å². The minimum atomic E-state index is -2.92. The van der Waals surface area contributed by atoms with Crippen molar-refractivity contribution in [2.75, 3.05) is 60.4 Å². The fraction of sp³-hybridized carbons (Fsp3) is 0.273. The number of nitrogens with one attached hydrogen (secondary N) is 1. The summed E-state index contributed by atoms with van der Waals surface area (Å²) in [7, 11) is -1.16. The maximum Gasteiger partial charge on any atom is 0.344 e. The van der Waals surface area contributed by atoms with Crippen molar-refractivity contribution < 1.29 is 70.8 Å². The number of carboxylic acids is 1. The molecule has 1 unspecified atom stereocenters. The number of aromatic nitrogens is 3. The highest BCUT2D eigenvalue weighted by atomic mass is 35.5. The predicted molar refractivity (Wildman–Crippen MR) is 361 cm³/mol. The minimum absolute atomic E-state index is 0.0164. The number of halogens is 4. The van der Waals surface area contributed by atoms with Crippen molar-refractivity contribution in [3.63, 3.8) is 0 Å². The van der Waals surface area contributed by atoms with E-state index in [1.807, 2.05) is 12.1 Å². The minimum Gasteiger partial charge on any atom is -0.497 e. The lowest BCUT2D eigenvalue weighted by molar-refractivity contribution is -0.136. The molecule has 0 aliphatic heterocycles. The van der Waals surface area contributed by atoms with E-state index in [1.54, 1.807) is 187 Å². The zero-order valence-corrected chi connectivity index (χ0v) is 57.1. The molecule has 9 aromatic rings. The fourth-order valence-electron chi connectivity index (χ4n) is 9.99. The zero-order valence-electron chi connectivity index (χ0n) is 52.3. The van der Waals surface area contributed by atoms with Gasteiger partial charge in [-0.15, -0.1) is 0 Å². The number of rotatable bonds is 21. The summed E-state index contributed by atoms with van der Waals surface area (Å²) >= 11 is 23.3. The molecule has 0 fully saturated rings. The van der Waals surface area contributed by atoms with Crippen LogP contribution in [0.15, 0.2) is 127 Å². The van der Waals surface area contributed by atoms with E-state index < -0.39 is 26.2 Å². The van der Waals surface area contributed by atoms with Crippen molar-refractivity contribution in [1.82, 2.24) is 19.0 Å². The lowest BCUT2D eigenvalue weighted by atomic mass is 10.1. The zero-order chi connectivity index (χ0) is 67.8. The Balaban J connectivity index is 0.000000205. The molecule has 26 heteroatoms. The first-order chi connectivity index (χ1) is 43.7. The second-order valence-electron chi connectivity index (χ2n) is 20.4. The number of nitrogens with two attached hydrogens (primary N) is 1. The molecule has 92 heavy (non-hydrogen) atoms. The van der Waals surface area contributed by atoms with E-state index in [4.69, 9.17) is 79.9 Å². The van der Waals surface area contributed by atoms with Gasteiger partial charge in [0.05, 0.1) is 83.1 Å². The molecule has 3 aromatic heterocycles. The van der Waals surface area contributed by atoms with Crippen LogP contribution in [-0.2, 0) is 56.3 Å². The van der Waals surface area contributed by atoms with Gasteiger partial charge in [-0.2, -0.15) is 0 Å². The number of fused-ring (bicyclic) bond motifs is 3.